The number of ether oxygens (including phenoxy) is 1. The molecule has 0 bridgehead atoms. The number of carboxylic acid groups (broad SMARTS) is 1. The molecule has 2 rings (SSSR count). The Labute approximate surface area is 117 Å². The number of carbonyl (C=O) groups is 2. The van der Waals surface area contributed by atoms with Crippen LogP contribution in [0.1, 0.15) is 16.8 Å². The topological polar surface area (TPSA) is 78.9 Å². The second-order valence-corrected chi connectivity index (χ2v) is 4.55. The van der Waals surface area contributed by atoms with Crippen molar-refractivity contribution in [2.45, 2.75) is 6.42 Å². The molecule has 6 nitrogen and oxygen atoms in total. The van der Waals surface area contributed by atoms with Crippen LogP contribution in [0.15, 0.2) is 24.3 Å². The zero-order chi connectivity index (χ0) is 14.4. The van der Waals surface area contributed by atoms with E-state index in [0.29, 0.717) is 5.56 Å². The molecule has 0 aromatic heterocycles. The number of hydrogen-bond acceptors (Lipinski definition) is 4. The van der Waals surface area contributed by atoms with Gasteiger partial charge < -0.3 is 20.1 Å². The standard InChI is InChI=1S/C14H18N2O4/c17-13(18)5-6-15-14(19)11-1-3-12(4-2-11)16-7-9-20-10-8-16/h1-4H,5-10H2,(H,15,19)(H,17,18). The van der Waals surface area contributed by atoms with Crippen molar-refractivity contribution >= 4 is 17.6 Å². The van der Waals surface area contributed by atoms with Crippen LogP contribution in [0, 0.1) is 0 Å². The van der Waals surface area contributed by atoms with Crippen molar-refractivity contribution < 1.29 is 19.4 Å². The number of morpholine rings is 1. The van der Waals surface area contributed by atoms with Crippen LogP contribution in [-0.2, 0) is 9.53 Å². The Morgan fingerprint density at radius 2 is 1.85 bits per heavy atom. The van der Waals surface area contributed by atoms with Crippen molar-refractivity contribution in [3.8, 4) is 0 Å². The summed E-state index contributed by atoms with van der Waals surface area (Å²) in [5, 5.41) is 11.1. The summed E-state index contributed by atoms with van der Waals surface area (Å²) in [7, 11) is 0. The monoisotopic (exact) mass is 278 g/mol. The molecule has 1 amide bonds. The van der Waals surface area contributed by atoms with Gasteiger partial charge in [-0.1, -0.05) is 0 Å². The third-order valence-electron chi connectivity index (χ3n) is 3.13. The van der Waals surface area contributed by atoms with Crippen molar-refractivity contribution in [3.63, 3.8) is 0 Å². The van der Waals surface area contributed by atoms with Gasteiger partial charge >= 0.3 is 5.97 Å². The molecule has 0 atom stereocenters. The van der Waals surface area contributed by atoms with Crippen LogP contribution in [0.4, 0.5) is 5.69 Å². The molecule has 0 unspecified atom stereocenters. The lowest BCUT2D eigenvalue weighted by Crippen LogP contribution is -2.36. The number of anilines is 1. The molecule has 1 aliphatic heterocycles. The van der Waals surface area contributed by atoms with E-state index >= 15 is 0 Å². The van der Waals surface area contributed by atoms with E-state index in [9.17, 15) is 9.59 Å². The molecule has 6 heteroatoms. The molecule has 2 N–H and O–H groups in total. The summed E-state index contributed by atoms with van der Waals surface area (Å²) in [6.45, 7) is 3.28. The first-order chi connectivity index (χ1) is 9.66. The molecule has 0 spiro atoms. The molecule has 1 heterocycles. The van der Waals surface area contributed by atoms with E-state index in [0.717, 1.165) is 32.0 Å². The average molecular weight is 278 g/mol. The maximum Gasteiger partial charge on any atom is 0.305 e. The first kappa shape index (κ1) is 14.3. The second-order valence-electron chi connectivity index (χ2n) is 4.55. The summed E-state index contributed by atoms with van der Waals surface area (Å²) in [5.41, 5.74) is 1.60. The molecule has 20 heavy (non-hydrogen) atoms. The SMILES string of the molecule is O=C(O)CCNC(=O)c1ccc(N2CCOCC2)cc1. The molecule has 1 aromatic rings. The summed E-state index contributed by atoms with van der Waals surface area (Å²) in [5.74, 6) is -1.17. The van der Waals surface area contributed by atoms with Gasteiger partial charge in [-0.05, 0) is 24.3 Å². The molecule has 0 saturated carbocycles. The molecular weight excluding hydrogens is 260 g/mol. The highest BCUT2D eigenvalue weighted by Gasteiger charge is 2.12. The lowest BCUT2D eigenvalue weighted by atomic mass is 10.1. The lowest BCUT2D eigenvalue weighted by molar-refractivity contribution is -0.136. The number of carboxylic acids is 1. The molecule has 1 fully saturated rings. The minimum absolute atomic E-state index is 0.0718. The van der Waals surface area contributed by atoms with Crippen molar-refractivity contribution in [2.24, 2.45) is 0 Å². The number of nitrogens with zero attached hydrogens (tertiary/aromatic N) is 1. The van der Waals surface area contributed by atoms with Crippen molar-refractivity contribution in [3.05, 3.63) is 29.8 Å². The molecule has 1 saturated heterocycles. The second kappa shape index (κ2) is 6.91. The Morgan fingerprint density at radius 3 is 2.45 bits per heavy atom. The van der Waals surface area contributed by atoms with Crippen molar-refractivity contribution in [2.75, 3.05) is 37.7 Å². The Balaban J connectivity index is 1.90. The number of amides is 1. The van der Waals surface area contributed by atoms with E-state index in [2.05, 4.69) is 10.2 Å². The largest absolute Gasteiger partial charge is 0.481 e. The Kier molecular flexibility index (Phi) is 4.95. The summed E-state index contributed by atoms with van der Waals surface area (Å²) in [4.78, 5) is 24.4. The lowest BCUT2D eigenvalue weighted by Gasteiger charge is -2.28. The van der Waals surface area contributed by atoms with Crippen LogP contribution in [0.25, 0.3) is 0 Å². The molecule has 0 radical (unpaired) electrons. The van der Waals surface area contributed by atoms with Crippen LogP contribution in [0.3, 0.4) is 0 Å². The van der Waals surface area contributed by atoms with Crippen LogP contribution >= 0.6 is 0 Å². The number of carbonyl (C=O) groups excluding carboxylic acids is 1. The van der Waals surface area contributed by atoms with Gasteiger partial charge in [-0.2, -0.15) is 0 Å². The van der Waals surface area contributed by atoms with Gasteiger partial charge in [0.25, 0.3) is 5.91 Å². The van der Waals surface area contributed by atoms with Crippen LogP contribution < -0.4 is 10.2 Å². The summed E-state index contributed by atoms with van der Waals surface area (Å²) < 4.78 is 5.29. The number of benzene rings is 1. The number of aliphatic carboxylic acids is 1. The predicted molar refractivity (Wildman–Crippen MR) is 74.1 cm³/mol. The molecule has 1 aliphatic rings. The zero-order valence-electron chi connectivity index (χ0n) is 11.2. The summed E-state index contributed by atoms with van der Waals surface area (Å²) >= 11 is 0. The maximum atomic E-state index is 11.8. The first-order valence-corrected chi connectivity index (χ1v) is 6.59. The molecule has 0 aliphatic carbocycles. The van der Waals surface area contributed by atoms with Gasteiger partial charge in [0.05, 0.1) is 19.6 Å². The minimum Gasteiger partial charge on any atom is -0.481 e. The highest BCUT2D eigenvalue weighted by molar-refractivity contribution is 5.94. The zero-order valence-corrected chi connectivity index (χ0v) is 11.2. The fourth-order valence-corrected chi connectivity index (χ4v) is 2.03. The quantitative estimate of drug-likeness (QED) is 0.830. The Hall–Kier alpha value is -2.08. The molecule has 1 aromatic carbocycles. The molecule has 108 valence electrons. The Bertz CT molecular complexity index is 467. The van der Waals surface area contributed by atoms with E-state index in [-0.39, 0.29) is 18.9 Å². The van der Waals surface area contributed by atoms with E-state index in [4.69, 9.17) is 9.84 Å². The highest BCUT2D eigenvalue weighted by Crippen LogP contribution is 2.16. The smallest absolute Gasteiger partial charge is 0.305 e. The summed E-state index contributed by atoms with van der Waals surface area (Å²) in [6.07, 6.45) is -0.0718. The van der Waals surface area contributed by atoms with Gasteiger partial charge in [0.15, 0.2) is 0 Å². The summed E-state index contributed by atoms with van der Waals surface area (Å²) in [6, 6.07) is 7.30. The minimum atomic E-state index is -0.923. The number of nitrogens with one attached hydrogen (secondary N) is 1. The fraction of sp³-hybridized carbons (Fsp3) is 0.429. The number of hydrogen-bond donors (Lipinski definition) is 2. The van der Waals surface area contributed by atoms with E-state index in [1.54, 1.807) is 12.1 Å². The maximum absolute atomic E-state index is 11.8. The van der Waals surface area contributed by atoms with Crippen LogP contribution in [-0.4, -0.2) is 49.8 Å². The van der Waals surface area contributed by atoms with Crippen molar-refractivity contribution in [1.82, 2.24) is 5.32 Å². The third kappa shape index (κ3) is 3.96. The normalized spacial score (nSPS) is 14.9. The van der Waals surface area contributed by atoms with Gasteiger partial charge in [-0.3, -0.25) is 9.59 Å². The van der Waals surface area contributed by atoms with E-state index < -0.39 is 5.97 Å². The first-order valence-electron chi connectivity index (χ1n) is 6.59. The Morgan fingerprint density at radius 1 is 1.20 bits per heavy atom. The van der Waals surface area contributed by atoms with E-state index in [1.165, 1.54) is 0 Å². The van der Waals surface area contributed by atoms with Gasteiger partial charge in [0.2, 0.25) is 0 Å². The number of rotatable bonds is 5. The van der Waals surface area contributed by atoms with Gasteiger partial charge in [0.1, 0.15) is 0 Å². The van der Waals surface area contributed by atoms with Crippen LogP contribution in [0.5, 0.6) is 0 Å². The van der Waals surface area contributed by atoms with Gasteiger partial charge in [-0.15, -0.1) is 0 Å². The predicted octanol–water partition coefficient (Wildman–Crippen LogP) is 0.728. The van der Waals surface area contributed by atoms with E-state index in [1.807, 2.05) is 12.1 Å². The highest BCUT2D eigenvalue weighted by atomic mass is 16.5. The molecular formula is C14H18N2O4. The third-order valence-corrected chi connectivity index (χ3v) is 3.13. The van der Waals surface area contributed by atoms with Gasteiger partial charge in [-0.25, -0.2) is 0 Å². The van der Waals surface area contributed by atoms with Crippen LogP contribution in [0.2, 0.25) is 0 Å². The average Bonchev–Trinajstić information content (AvgIpc) is 2.48. The fourth-order valence-electron chi connectivity index (χ4n) is 2.03. The van der Waals surface area contributed by atoms with Crippen molar-refractivity contribution in [1.29, 1.82) is 0 Å². The van der Waals surface area contributed by atoms with Gasteiger partial charge in [0, 0.05) is 30.9 Å².